The number of nitrogens with two attached hydrogens (primary N) is 1. The molecule has 10 heteroatoms. The minimum atomic E-state index is -3.73. The third-order valence-electron chi connectivity index (χ3n) is 3.66. The lowest BCUT2D eigenvalue weighted by Crippen LogP contribution is -2.28. The zero-order valence-corrected chi connectivity index (χ0v) is 15.0. The molecule has 0 spiro atoms. The second-order valence-corrected chi connectivity index (χ2v) is 7.15. The number of nitrogens with one attached hydrogen (secondary N) is 1. The SMILES string of the molecule is NS(=O)(=O)c1ccc(CNC(=O)COc2ccccc2-n2cnnc2)cc1. The molecule has 0 saturated carbocycles. The molecule has 3 N–H and O–H groups in total. The van der Waals surface area contributed by atoms with E-state index >= 15 is 0 Å². The topological polar surface area (TPSA) is 129 Å². The summed E-state index contributed by atoms with van der Waals surface area (Å²) in [6.45, 7) is 0.0641. The van der Waals surface area contributed by atoms with Crippen LogP contribution in [-0.2, 0) is 21.4 Å². The standard InChI is InChI=1S/C17H17N5O4S/c18-27(24,25)14-7-5-13(6-8-14)9-19-17(23)10-26-16-4-2-1-3-15(16)22-11-20-21-12-22/h1-8,11-12H,9-10H2,(H,19,23)(H2,18,24,25). The summed E-state index contributed by atoms with van der Waals surface area (Å²) in [4.78, 5) is 12.1. The number of ether oxygens (including phenoxy) is 1. The number of primary sulfonamides is 1. The van der Waals surface area contributed by atoms with Crippen molar-refractivity contribution in [2.24, 2.45) is 5.14 Å². The van der Waals surface area contributed by atoms with Crippen molar-refractivity contribution in [2.75, 3.05) is 6.61 Å². The van der Waals surface area contributed by atoms with E-state index in [-0.39, 0.29) is 24.0 Å². The highest BCUT2D eigenvalue weighted by Gasteiger charge is 2.09. The van der Waals surface area contributed by atoms with Gasteiger partial charge in [-0.3, -0.25) is 9.36 Å². The van der Waals surface area contributed by atoms with Crippen LogP contribution in [0.25, 0.3) is 5.69 Å². The van der Waals surface area contributed by atoms with Crippen LogP contribution in [0.3, 0.4) is 0 Å². The van der Waals surface area contributed by atoms with Gasteiger partial charge in [-0.15, -0.1) is 10.2 Å². The number of hydrogen-bond donors (Lipinski definition) is 2. The quantitative estimate of drug-likeness (QED) is 0.611. The lowest BCUT2D eigenvalue weighted by molar-refractivity contribution is -0.123. The first-order valence-electron chi connectivity index (χ1n) is 7.89. The molecule has 1 heterocycles. The van der Waals surface area contributed by atoms with Crippen LogP contribution in [0.15, 0.2) is 66.1 Å². The number of amides is 1. The van der Waals surface area contributed by atoms with Crippen molar-refractivity contribution >= 4 is 15.9 Å². The van der Waals surface area contributed by atoms with Crippen molar-refractivity contribution in [3.05, 3.63) is 66.7 Å². The van der Waals surface area contributed by atoms with Crippen LogP contribution in [0, 0.1) is 0 Å². The Balaban J connectivity index is 1.55. The predicted molar refractivity (Wildman–Crippen MR) is 96.5 cm³/mol. The molecule has 3 rings (SSSR count). The maximum absolute atomic E-state index is 12.0. The second kappa shape index (κ2) is 7.98. The highest BCUT2D eigenvalue weighted by atomic mass is 32.2. The Morgan fingerprint density at radius 3 is 2.41 bits per heavy atom. The van der Waals surface area contributed by atoms with E-state index in [1.807, 2.05) is 12.1 Å². The molecular weight excluding hydrogens is 370 g/mol. The number of nitrogens with zero attached hydrogens (tertiary/aromatic N) is 3. The maximum atomic E-state index is 12.0. The van der Waals surface area contributed by atoms with Gasteiger partial charge in [0, 0.05) is 6.54 Å². The van der Waals surface area contributed by atoms with Gasteiger partial charge in [-0.25, -0.2) is 13.6 Å². The van der Waals surface area contributed by atoms with Gasteiger partial charge in [-0.2, -0.15) is 0 Å². The molecular formula is C17H17N5O4S. The third-order valence-corrected chi connectivity index (χ3v) is 4.59. The largest absolute Gasteiger partial charge is 0.482 e. The summed E-state index contributed by atoms with van der Waals surface area (Å²) in [5.74, 6) is 0.203. The highest BCUT2D eigenvalue weighted by Crippen LogP contribution is 2.21. The van der Waals surface area contributed by atoms with E-state index in [2.05, 4.69) is 15.5 Å². The molecule has 0 saturated heterocycles. The van der Waals surface area contributed by atoms with Crippen molar-refractivity contribution < 1.29 is 17.9 Å². The molecule has 0 aliphatic heterocycles. The van der Waals surface area contributed by atoms with E-state index in [9.17, 15) is 13.2 Å². The van der Waals surface area contributed by atoms with Gasteiger partial charge in [0.05, 0.1) is 10.6 Å². The van der Waals surface area contributed by atoms with Crippen LogP contribution >= 0.6 is 0 Å². The van der Waals surface area contributed by atoms with Gasteiger partial charge in [0.1, 0.15) is 18.4 Å². The fraction of sp³-hybridized carbons (Fsp3) is 0.118. The minimum absolute atomic E-state index is 0.0199. The van der Waals surface area contributed by atoms with E-state index in [4.69, 9.17) is 9.88 Å². The average molecular weight is 387 g/mol. The fourth-order valence-electron chi connectivity index (χ4n) is 2.31. The fourth-order valence-corrected chi connectivity index (χ4v) is 2.83. The van der Waals surface area contributed by atoms with Gasteiger partial charge in [-0.1, -0.05) is 24.3 Å². The van der Waals surface area contributed by atoms with Crippen molar-refractivity contribution in [3.8, 4) is 11.4 Å². The monoisotopic (exact) mass is 387 g/mol. The molecule has 2 aromatic carbocycles. The molecule has 0 aliphatic rings. The molecule has 0 aliphatic carbocycles. The summed E-state index contributed by atoms with van der Waals surface area (Å²) >= 11 is 0. The minimum Gasteiger partial charge on any atom is -0.482 e. The first-order chi connectivity index (χ1) is 12.9. The zero-order chi connectivity index (χ0) is 19.3. The molecule has 1 amide bonds. The molecule has 3 aromatic rings. The van der Waals surface area contributed by atoms with Crippen LogP contribution in [0.5, 0.6) is 5.75 Å². The van der Waals surface area contributed by atoms with Crippen molar-refractivity contribution in [1.29, 1.82) is 0 Å². The number of para-hydroxylation sites is 2. The molecule has 0 atom stereocenters. The molecule has 27 heavy (non-hydrogen) atoms. The van der Waals surface area contributed by atoms with Crippen LogP contribution in [-0.4, -0.2) is 35.7 Å². The predicted octanol–water partition coefficient (Wildman–Crippen LogP) is 0.610. The van der Waals surface area contributed by atoms with E-state index in [1.54, 1.807) is 28.8 Å². The number of benzene rings is 2. The Hall–Kier alpha value is -3.24. The van der Waals surface area contributed by atoms with Gasteiger partial charge >= 0.3 is 0 Å². The Labute approximate surface area is 155 Å². The molecule has 140 valence electrons. The van der Waals surface area contributed by atoms with Gasteiger partial charge < -0.3 is 10.1 Å². The smallest absolute Gasteiger partial charge is 0.258 e. The highest BCUT2D eigenvalue weighted by molar-refractivity contribution is 7.89. The summed E-state index contributed by atoms with van der Waals surface area (Å²) in [6, 6.07) is 13.2. The van der Waals surface area contributed by atoms with Gasteiger partial charge in [0.25, 0.3) is 5.91 Å². The van der Waals surface area contributed by atoms with E-state index in [0.29, 0.717) is 11.4 Å². The normalized spacial score (nSPS) is 11.1. The summed E-state index contributed by atoms with van der Waals surface area (Å²) in [7, 11) is -3.73. The summed E-state index contributed by atoms with van der Waals surface area (Å²) in [5.41, 5.74) is 1.45. The number of hydrogen-bond acceptors (Lipinski definition) is 6. The van der Waals surface area contributed by atoms with Gasteiger partial charge in [-0.05, 0) is 29.8 Å². The van der Waals surface area contributed by atoms with E-state index < -0.39 is 10.0 Å². The average Bonchev–Trinajstić information content (AvgIpc) is 3.19. The summed E-state index contributed by atoms with van der Waals surface area (Å²) < 4.78 is 29.7. The second-order valence-electron chi connectivity index (χ2n) is 5.59. The van der Waals surface area contributed by atoms with E-state index in [0.717, 1.165) is 5.56 Å². The third kappa shape index (κ3) is 4.90. The maximum Gasteiger partial charge on any atom is 0.258 e. The summed E-state index contributed by atoms with van der Waals surface area (Å²) in [6.07, 6.45) is 3.07. The Kier molecular flexibility index (Phi) is 5.48. The first-order valence-corrected chi connectivity index (χ1v) is 9.43. The van der Waals surface area contributed by atoms with Crippen molar-refractivity contribution in [2.45, 2.75) is 11.4 Å². The van der Waals surface area contributed by atoms with Crippen LogP contribution in [0.4, 0.5) is 0 Å². The zero-order valence-electron chi connectivity index (χ0n) is 14.1. The number of carbonyl (C=O) groups excluding carboxylic acids is 1. The molecule has 0 bridgehead atoms. The van der Waals surface area contributed by atoms with Crippen LogP contribution in [0.2, 0.25) is 0 Å². The van der Waals surface area contributed by atoms with E-state index in [1.165, 1.54) is 24.8 Å². The van der Waals surface area contributed by atoms with Crippen molar-refractivity contribution in [3.63, 3.8) is 0 Å². The van der Waals surface area contributed by atoms with Crippen LogP contribution < -0.4 is 15.2 Å². The van der Waals surface area contributed by atoms with Gasteiger partial charge in [0.2, 0.25) is 10.0 Å². The Morgan fingerprint density at radius 2 is 1.74 bits per heavy atom. The van der Waals surface area contributed by atoms with Crippen molar-refractivity contribution in [1.82, 2.24) is 20.1 Å². The summed E-state index contributed by atoms with van der Waals surface area (Å²) in [5, 5.41) is 15.3. The number of carbonyl (C=O) groups is 1. The van der Waals surface area contributed by atoms with Crippen LogP contribution in [0.1, 0.15) is 5.56 Å². The number of rotatable bonds is 7. The molecule has 0 fully saturated rings. The van der Waals surface area contributed by atoms with Gasteiger partial charge in [0.15, 0.2) is 6.61 Å². The first kappa shape index (κ1) is 18.5. The molecule has 9 nitrogen and oxygen atoms in total. The molecule has 1 aromatic heterocycles. The lowest BCUT2D eigenvalue weighted by Gasteiger charge is -2.11. The Bertz CT molecular complexity index is 1020. The number of sulfonamides is 1. The number of aromatic nitrogens is 3. The molecule has 0 unspecified atom stereocenters. The molecule has 0 radical (unpaired) electrons. The lowest BCUT2D eigenvalue weighted by atomic mass is 10.2. The Morgan fingerprint density at radius 1 is 1.07 bits per heavy atom.